The van der Waals surface area contributed by atoms with E-state index < -0.39 is 11.0 Å². The van der Waals surface area contributed by atoms with E-state index in [4.69, 9.17) is 4.74 Å². The number of ether oxygens (including phenoxy) is 1. The SMILES string of the molecule is COc1ccc(C(O)c2cnc[nH]2)cc1[N+](=O)[O-]. The van der Waals surface area contributed by atoms with Gasteiger partial charge in [0, 0.05) is 6.07 Å². The second-order valence-electron chi connectivity index (χ2n) is 3.60. The molecule has 94 valence electrons. The van der Waals surface area contributed by atoms with Crippen LogP contribution < -0.4 is 4.74 Å². The van der Waals surface area contributed by atoms with E-state index >= 15 is 0 Å². The zero-order chi connectivity index (χ0) is 13.1. The van der Waals surface area contributed by atoms with Crippen LogP contribution in [0.4, 0.5) is 5.69 Å². The van der Waals surface area contributed by atoms with Gasteiger partial charge in [0.15, 0.2) is 5.75 Å². The molecule has 0 saturated heterocycles. The number of nitrogens with zero attached hydrogens (tertiary/aromatic N) is 2. The Morgan fingerprint density at radius 2 is 2.33 bits per heavy atom. The van der Waals surface area contributed by atoms with Crippen LogP contribution in [-0.2, 0) is 0 Å². The Kier molecular flexibility index (Phi) is 3.24. The number of hydrogen-bond donors (Lipinski definition) is 2. The van der Waals surface area contributed by atoms with E-state index in [1.165, 1.54) is 31.8 Å². The number of aromatic nitrogens is 2. The van der Waals surface area contributed by atoms with Crippen LogP contribution in [0.3, 0.4) is 0 Å². The van der Waals surface area contributed by atoms with Crippen LogP contribution in [0, 0.1) is 10.1 Å². The number of benzene rings is 1. The van der Waals surface area contributed by atoms with Gasteiger partial charge < -0.3 is 14.8 Å². The molecule has 0 aliphatic carbocycles. The minimum atomic E-state index is -0.989. The van der Waals surface area contributed by atoms with E-state index in [0.29, 0.717) is 11.3 Å². The summed E-state index contributed by atoms with van der Waals surface area (Å²) in [6.07, 6.45) is 1.90. The van der Waals surface area contributed by atoms with E-state index in [0.717, 1.165) is 0 Å². The number of hydrogen-bond acceptors (Lipinski definition) is 5. The number of imidazole rings is 1. The van der Waals surface area contributed by atoms with Gasteiger partial charge in [0.05, 0.1) is 30.3 Å². The fraction of sp³-hybridized carbons (Fsp3) is 0.182. The van der Waals surface area contributed by atoms with E-state index in [-0.39, 0.29) is 11.4 Å². The monoisotopic (exact) mass is 249 g/mol. The summed E-state index contributed by atoms with van der Waals surface area (Å²) in [5, 5.41) is 20.9. The third kappa shape index (κ3) is 2.16. The average Bonchev–Trinajstić information content (AvgIpc) is 2.90. The first-order valence-electron chi connectivity index (χ1n) is 5.12. The highest BCUT2D eigenvalue weighted by atomic mass is 16.6. The summed E-state index contributed by atoms with van der Waals surface area (Å²) in [5.41, 5.74) is 0.676. The van der Waals surface area contributed by atoms with E-state index in [1.54, 1.807) is 6.07 Å². The highest BCUT2D eigenvalue weighted by Crippen LogP contribution is 2.31. The summed E-state index contributed by atoms with van der Waals surface area (Å²) >= 11 is 0. The predicted octanol–water partition coefficient (Wildman–Crippen LogP) is 1.41. The molecule has 0 radical (unpaired) electrons. The number of H-pyrrole nitrogens is 1. The Morgan fingerprint density at radius 3 is 2.89 bits per heavy atom. The lowest BCUT2D eigenvalue weighted by Crippen LogP contribution is -2.02. The van der Waals surface area contributed by atoms with Gasteiger partial charge >= 0.3 is 5.69 Å². The van der Waals surface area contributed by atoms with E-state index in [2.05, 4.69) is 9.97 Å². The number of rotatable bonds is 4. The summed E-state index contributed by atoms with van der Waals surface area (Å²) in [5.74, 6) is 0.153. The molecule has 1 aromatic carbocycles. The molecule has 7 heteroatoms. The van der Waals surface area contributed by atoms with Crippen LogP contribution in [0.1, 0.15) is 17.4 Å². The number of aliphatic hydroxyl groups excluding tert-OH is 1. The molecule has 2 aromatic rings. The minimum absolute atomic E-state index is 0.153. The van der Waals surface area contributed by atoms with Crippen LogP contribution in [0.5, 0.6) is 5.75 Å². The highest BCUT2D eigenvalue weighted by Gasteiger charge is 2.19. The molecule has 0 amide bonds. The summed E-state index contributed by atoms with van der Waals surface area (Å²) in [6.45, 7) is 0. The zero-order valence-corrected chi connectivity index (χ0v) is 9.53. The molecular weight excluding hydrogens is 238 g/mol. The standard InChI is InChI=1S/C11H11N3O4/c1-18-10-3-2-7(4-9(10)14(16)17)11(15)8-5-12-6-13-8/h2-6,11,15H,1H3,(H,12,13). The molecule has 18 heavy (non-hydrogen) atoms. The number of aliphatic hydroxyl groups is 1. The fourth-order valence-corrected chi connectivity index (χ4v) is 1.62. The summed E-state index contributed by atoms with van der Waals surface area (Å²) < 4.78 is 4.89. The van der Waals surface area contributed by atoms with Crippen LogP contribution in [0.15, 0.2) is 30.7 Å². The topological polar surface area (TPSA) is 101 Å². The molecule has 0 saturated carbocycles. The van der Waals surface area contributed by atoms with Crippen LogP contribution in [0.25, 0.3) is 0 Å². The maximum Gasteiger partial charge on any atom is 0.311 e. The van der Waals surface area contributed by atoms with E-state index in [1.807, 2.05) is 0 Å². The van der Waals surface area contributed by atoms with E-state index in [9.17, 15) is 15.2 Å². The lowest BCUT2D eigenvalue weighted by Gasteiger charge is -2.09. The second-order valence-corrected chi connectivity index (χ2v) is 3.60. The highest BCUT2D eigenvalue weighted by molar-refractivity contribution is 5.49. The van der Waals surface area contributed by atoms with Gasteiger partial charge in [-0.3, -0.25) is 10.1 Å². The first-order valence-corrected chi connectivity index (χ1v) is 5.12. The molecule has 1 atom stereocenters. The van der Waals surface area contributed by atoms with Gasteiger partial charge in [-0.25, -0.2) is 4.98 Å². The number of aromatic amines is 1. The molecule has 7 nitrogen and oxygen atoms in total. The third-order valence-electron chi connectivity index (χ3n) is 2.53. The maximum absolute atomic E-state index is 10.9. The van der Waals surface area contributed by atoms with Crippen molar-refractivity contribution in [2.24, 2.45) is 0 Å². The Hall–Kier alpha value is -2.41. The Balaban J connectivity index is 2.41. The first-order chi connectivity index (χ1) is 8.63. The van der Waals surface area contributed by atoms with Crippen molar-refractivity contribution in [3.63, 3.8) is 0 Å². The number of nitro benzene ring substituents is 1. The molecule has 1 aromatic heterocycles. The minimum Gasteiger partial charge on any atom is -0.490 e. The molecule has 1 unspecified atom stereocenters. The predicted molar refractivity (Wildman–Crippen MR) is 62.3 cm³/mol. The normalized spacial score (nSPS) is 12.1. The van der Waals surface area contributed by atoms with Gasteiger partial charge in [-0.2, -0.15) is 0 Å². The van der Waals surface area contributed by atoms with Crippen molar-refractivity contribution < 1.29 is 14.8 Å². The molecule has 2 rings (SSSR count). The number of methoxy groups -OCH3 is 1. The van der Waals surface area contributed by atoms with Crippen molar-refractivity contribution in [3.05, 3.63) is 52.1 Å². The lowest BCUT2D eigenvalue weighted by molar-refractivity contribution is -0.385. The van der Waals surface area contributed by atoms with Crippen molar-refractivity contribution in [2.45, 2.75) is 6.10 Å². The average molecular weight is 249 g/mol. The van der Waals surface area contributed by atoms with Crippen LogP contribution in [0.2, 0.25) is 0 Å². The van der Waals surface area contributed by atoms with Gasteiger partial charge in [-0.05, 0) is 11.6 Å². The van der Waals surface area contributed by atoms with Crippen LogP contribution in [-0.4, -0.2) is 27.1 Å². The number of nitrogens with one attached hydrogen (secondary N) is 1. The van der Waals surface area contributed by atoms with Gasteiger partial charge in [0.1, 0.15) is 6.10 Å². The third-order valence-corrected chi connectivity index (χ3v) is 2.53. The Labute approximate surface area is 102 Å². The second kappa shape index (κ2) is 4.84. The molecule has 0 fully saturated rings. The molecule has 0 spiro atoms. The van der Waals surface area contributed by atoms with Crippen molar-refractivity contribution in [3.8, 4) is 5.75 Å². The quantitative estimate of drug-likeness (QED) is 0.630. The van der Waals surface area contributed by atoms with Crippen molar-refractivity contribution in [1.82, 2.24) is 9.97 Å². The fourth-order valence-electron chi connectivity index (χ4n) is 1.62. The van der Waals surface area contributed by atoms with Gasteiger partial charge in [0.2, 0.25) is 0 Å². The summed E-state index contributed by atoms with van der Waals surface area (Å²) in [6, 6.07) is 4.30. The maximum atomic E-state index is 10.9. The van der Waals surface area contributed by atoms with Crippen molar-refractivity contribution >= 4 is 5.69 Å². The molecular formula is C11H11N3O4. The first kappa shape index (κ1) is 12.1. The lowest BCUT2D eigenvalue weighted by atomic mass is 10.1. The van der Waals surface area contributed by atoms with Gasteiger partial charge in [-0.1, -0.05) is 6.07 Å². The molecule has 1 heterocycles. The summed E-state index contributed by atoms with van der Waals surface area (Å²) in [4.78, 5) is 16.8. The van der Waals surface area contributed by atoms with Crippen molar-refractivity contribution in [2.75, 3.05) is 7.11 Å². The van der Waals surface area contributed by atoms with Crippen LogP contribution >= 0.6 is 0 Å². The van der Waals surface area contributed by atoms with Crippen molar-refractivity contribution in [1.29, 1.82) is 0 Å². The largest absolute Gasteiger partial charge is 0.490 e. The molecule has 0 bridgehead atoms. The molecule has 0 aliphatic heterocycles. The Morgan fingerprint density at radius 1 is 1.56 bits per heavy atom. The number of nitro groups is 1. The zero-order valence-electron chi connectivity index (χ0n) is 9.53. The van der Waals surface area contributed by atoms with Gasteiger partial charge in [0.25, 0.3) is 0 Å². The Bertz CT molecular complexity index is 553. The summed E-state index contributed by atoms with van der Waals surface area (Å²) in [7, 11) is 1.35. The van der Waals surface area contributed by atoms with Gasteiger partial charge in [-0.15, -0.1) is 0 Å². The molecule has 2 N–H and O–H groups in total. The smallest absolute Gasteiger partial charge is 0.311 e. The molecule has 0 aliphatic rings.